The summed E-state index contributed by atoms with van der Waals surface area (Å²) in [7, 11) is 0. The molecule has 2 rings (SSSR count). The fraction of sp³-hybridized carbons (Fsp3) is 0.182. The molecule has 0 aliphatic carbocycles. The van der Waals surface area contributed by atoms with Crippen LogP contribution in [0.15, 0.2) is 36.4 Å². The summed E-state index contributed by atoms with van der Waals surface area (Å²) in [6.45, 7) is 0.888. The Kier molecular flexibility index (Phi) is 2.23. The third kappa shape index (κ3) is 2.21. The standard InChI is InChI=1S/C11H11O/c1-2-5-10(6-3-1)7-4-8-11-9-12-11/h1-8,11H,9H2. The monoisotopic (exact) mass is 159 g/mol. The Balaban J connectivity index is 1.89. The molecule has 1 aliphatic rings. The lowest BCUT2D eigenvalue weighted by Gasteiger charge is -1.89. The zero-order chi connectivity index (χ0) is 8.23. The van der Waals surface area contributed by atoms with Gasteiger partial charge in [-0.15, -0.1) is 0 Å². The molecule has 1 nitrogen and oxygen atoms in total. The predicted octanol–water partition coefficient (Wildman–Crippen LogP) is 2.30. The first-order valence-electron chi connectivity index (χ1n) is 4.13. The molecule has 61 valence electrons. The van der Waals surface area contributed by atoms with Crippen LogP contribution in [0, 0.1) is 6.42 Å². The lowest BCUT2D eigenvalue weighted by Crippen LogP contribution is -1.79. The maximum atomic E-state index is 5.04. The molecule has 0 bridgehead atoms. The van der Waals surface area contributed by atoms with Gasteiger partial charge in [0.2, 0.25) is 0 Å². The molecule has 1 heterocycles. The Hall–Kier alpha value is -1.08. The molecule has 0 amide bonds. The van der Waals surface area contributed by atoms with Crippen LogP contribution in [0.5, 0.6) is 0 Å². The third-order valence-corrected chi connectivity index (χ3v) is 1.77. The molecule has 1 radical (unpaired) electrons. The van der Waals surface area contributed by atoms with Gasteiger partial charge in [-0.05, 0) is 5.56 Å². The maximum Gasteiger partial charge on any atom is 0.0879 e. The van der Waals surface area contributed by atoms with E-state index in [1.807, 2.05) is 24.3 Å². The zero-order valence-electron chi connectivity index (χ0n) is 6.81. The van der Waals surface area contributed by atoms with Gasteiger partial charge in [-0.2, -0.15) is 0 Å². The SMILES string of the molecule is [CH](C=Cc1ccccc1)C1CO1. The second kappa shape index (κ2) is 3.55. The molecule has 1 atom stereocenters. The number of hydrogen-bond donors (Lipinski definition) is 0. The minimum atomic E-state index is 0.380. The smallest absolute Gasteiger partial charge is 0.0879 e. The highest BCUT2D eigenvalue weighted by atomic mass is 16.6. The van der Waals surface area contributed by atoms with Gasteiger partial charge < -0.3 is 4.74 Å². The molecule has 1 fully saturated rings. The summed E-state index contributed by atoms with van der Waals surface area (Å²) >= 11 is 0. The molecule has 1 aromatic rings. The molecule has 1 heteroatoms. The van der Waals surface area contributed by atoms with Gasteiger partial charge in [0.1, 0.15) is 0 Å². The second-order valence-corrected chi connectivity index (χ2v) is 2.83. The Bertz CT molecular complexity index is 260. The first-order valence-corrected chi connectivity index (χ1v) is 4.13. The topological polar surface area (TPSA) is 12.5 Å². The Labute approximate surface area is 72.7 Å². The van der Waals surface area contributed by atoms with Crippen molar-refractivity contribution in [2.75, 3.05) is 6.61 Å². The van der Waals surface area contributed by atoms with E-state index in [0.29, 0.717) is 6.10 Å². The highest BCUT2D eigenvalue weighted by Crippen LogP contribution is 2.13. The van der Waals surface area contributed by atoms with Crippen molar-refractivity contribution in [1.82, 2.24) is 0 Å². The van der Waals surface area contributed by atoms with E-state index in [4.69, 9.17) is 4.74 Å². The lowest BCUT2D eigenvalue weighted by atomic mass is 10.2. The fourth-order valence-electron chi connectivity index (χ4n) is 1.02. The van der Waals surface area contributed by atoms with Crippen molar-refractivity contribution in [1.29, 1.82) is 0 Å². The number of rotatable bonds is 3. The summed E-state index contributed by atoms with van der Waals surface area (Å²) in [5.41, 5.74) is 1.23. The minimum absolute atomic E-state index is 0.380. The molecule has 0 N–H and O–H groups in total. The van der Waals surface area contributed by atoms with Gasteiger partial charge in [-0.25, -0.2) is 0 Å². The molecule has 0 aromatic heterocycles. The van der Waals surface area contributed by atoms with Crippen LogP contribution in [-0.4, -0.2) is 12.7 Å². The lowest BCUT2D eigenvalue weighted by molar-refractivity contribution is 0.433. The first-order chi connectivity index (χ1) is 5.95. The Morgan fingerprint density at radius 2 is 2.00 bits per heavy atom. The van der Waals surface area contributed by atoms with Crippen LogP contribution in [0.25, 0.3) is 6.08 Å². The van der Waals surface area contributed by atoms with E-state index in [9.17, 15) is 0 Å². The number of hydrogen-bond acceptors (Lipinski definition) is 1. The average Bonchev–Trinajstić information content (AvgIpc) is 2.90. The highest BCUT2D eigenvalue weighted by Gasteiger charge is 2.20. The van der Waals surface area contributed by atoms with Gasteiger partial charge in [0.05, 0.1) is 12.7 Å². The van der Waals surface area contributed by atoms with Crippen molar-refractivity contribution >= 4 is 6.08 Å². The summed E-state index contributed by atoms with van der Waals surface area (Å²) in [6, 6.07) is 10.3. The van der Waals surface area contributed by atoms with Crippen molar-refractivity contribution in [2.45, 2.75) is 6.10 Å². The fourth-order valence-corrected chi connectivity index (χ4v) is 1.02. The molecule has 1 aliphatic heterocycles. The van der Waals surface area contributed by atoms with Crippen LogP contribution < -0.4 is 0 Å². The Morgan fingerprint density at radius 1 is 1.25 bits per heavy atom. The van der Waals surface area contributed by atoms with Gasteiger partial charge in [-0.1, -0.05) is 42.5 Å². The number of epoxide rings is 1. The molecular formula is C11H11O. The summed E-state index contributed by atoms with van der Waals surface area (Å²) in [5, 5.41) is 0. The maximum absolute atomic E-state index is 5.04. The summed E-state index contributed by atoms with van der Waals surface area (Å²) in [4.78, 5) is 0. The van der Waals surface area contributed by atoms with Crippen molar-refractivity contribution in [3.05, 3.63) is 48.4 Å². The Morgan fingerprint density at radius 3 is 2.67 bits per heavy atom. The summed E-state index contributed by atoms with van der Waals surface area (Å²) in [5.74, 6) is 0. The largest absolute Gasteiger partial charge is 0.372 e. The molecule has 12 heavy (non-hydrogen) atoms. The molecule has 1 saturated heterocycles. The van der Waals surface area contributed by atoms with Gasteiger partial charge >= 0.3 is 0 Å². The van der Waals surface area contributed by atoms with E-state index in [0.717, 1.165) is 6.61 Å². The molecule has 0 spiro atoms. The zero-order valence-corrected chi connectivity index (χ0v) is 6.81. The van der Waals surface area contributed by atoms with E-state index in [1.165, 1.54) is 5.56 Å². The van der Waals surface area contributed by atoms with Crippen molar-refractivity contribution < 1.29 is 4.74 Å². The number of benzene rings is 1. The quantitative estimate of drug-likeness (QED) is 0.616. The first kappa shape index (κ1) is 7.56. The van der Waals surface area contributed by atoms with Crippen LogP contribution in [0.2, 0.25) is 0 Å². The van der Waals surface area contributed by atoms with Crippen molar-refractivity contribution in [3.63, 3.8) is 0 Å². The van der Waals surface area contributed by atoms with E-state index < -0.39 is 0 Å². The molecule has 1 unspecified atom stereocenters. The van der Waals surface area contributed by atoms with Crippen LogP contribution in [0.3, 0.4) is 0 Å². The van der Waals surface area contributed by atoms with Crippen LogP contribution >= 0.6 is 0 Å². The van der Waals surface area contributed by atoms with E-state index in [-0.39, 0.29) is 0 Å². The molecular weight excluding hydrogens is 148 g/mol. The van der Waals surface area contributed by atoms with Gasteiger partial charge in [0.25, 0.3) is 0 Å². The van der Waals surface area contributed by atoms with Crippen LogP contribution in [0.1, 0.15) is 5.56 Å². The highest BCUT2D eigenvalue weighted by molar-refractivity contribution is 5.50. The van der Waals surface area contributed by atoms with E-state index >= 15 is 0 Å². The van der Waals surface area contributed by atoms with Crippen molar-refractivity contribution in [2.24, 2.45) is 0 Å². The minimum Gasteiger partial charge on any atom is -0.372 e. The van der Waals surface area contributed by atoms with E-state index in [2.05, 4.69) is 24.6 Å². The van der Waals surface area contributed by atoms with Gasteiger partial charge in [-0.3, -0.25) is 0 Å². The van der Waals surface area contributed by atoms with Crippen molar-refractivity contribution in [3.8, 4) is 0 Å². The van der Waals surface area contributed by atoms with Crippen LogP contribution in [0.4, 0.5) is 0 Å². The predicted molar refractivity (Wildman–Crippen MR) is 49.5 cm³/mol. The number of ether oxygens (including phenoxy) is 1. The average molecular weight is 159 g/mol. The summed E-state index contributed by atoms with van der Waals surface area (Å²) < 4.78 is 5.04. The van der Waals surface area contributed by atoms with Gasteiger partial charge in [0, 0.05) is 6.42 Å². The summed E-state index contributed by atoms with van der Waals surface area (Å²) in [6.07, 6.45) is 6.59. The van der Waals surface area contributed by atoms with Gasteiger partial charge in [0.15, 0.2) is 0 Å². The van der Waals surface area contributed by atoms with E-state index in [1.54, 1.807) is 0 Å². The molecule has 1 aromatic carbocycles. The third-order valence-electron chi connectivity index (χ3n) is 1.77. The van der Waals surface area contributed by atoms with Crippen LogP contribution in [-0.2, 0) is 4.74 Å². The normalized spacial score (nSPS) is 21.5. The molecule has 0 saturated carbocycles. The second-order valence-electron chi connectivity index (χ2n) is 2.83.